The fourth-order valence-corrected chi connectivity index (χ4v) is 1.22. The van der Waals surface area contributed by atoms with E-state index in [9.17, 15) is 0 Å². The van der Waals surface area contributed by atoms with Crippen LogP contribution in [0, 0.1) is 17.2 Å². The predicted octanol–water partition coefficient (Wildman–Crippen LogP) is 3.35. The van der Waals surface area contributed by atoms with Crippen molar-refractivity contribution >= 4 is 0 Å². The summed E-state index contributed by atoms with van der Waals surface area (Å²) in [6.07, 6.45) is 2.64. The van der Waals surface area contributed by atoms with Gasteiger partial charge in [0, 0.05) is 6.07 Å². The Morgan fingerprint density at radius 1 is 1.13 bits per heavy atom. The highest BCUT2D eigenvalue weighted by atomic mass is 16.5. The maximum absolute atomic E-state index is 8.80. The molecule has 0 aromatic heterocycles. The summed E-state index contributed by atoms with van der Waals surface area (Å²) in [7, 11) is 1.50. The van der Waals surface area contributed by atoms with E-state index in [-0.39, 0.29) is 13.2 Å². The summed E-state index contributed by atoms with van der Waals surface area (Å²) in [6.45, 7) is 9.17. The van der Waals surface area contributed by atoms with Crippen LogP contribution >= 0.6 is 0 Å². The SMILES string of the molecule is CC(C)COc1ccc(C#N)cc1OCCO.CCCC.CN. The smallest absolute Gasteiger partial charge is 0.162 e. The molecule has 0 aliphatic carbocycles. The van der Waals surface area contributed by atoms with E-state index in [4.69, 9.17) is 19.8 Å². The van der Waals surface area contributed by atoms with Gasteiger partial charge in [-0.1, -0.05) is 40.5 Å². The summed E-state index contributed by atoms with van der Waals surface area (Å²) in [4.78, 5) is 0. The van der Waals surface area contributed by atoms with Crippen LogP contribution in [0.15, 0.2) is 18.2 Å². The molecule has 0 spiro atoms. The Morgan fingerprint density at radius 2 is 1.74 bits per heavy atom. The highest BCUT2D eigenvalue weighted by molar-refractivity contribution is 5.46. The minimum absolute atomic E-state index is 0.0690. The molecule has 0 radical (unpaired) electrons. The molecule has 0 aliphatic heterocycles. The number of hydrogen-bond acceptors (Lipinski definition) is 5. The van der Waals surface area contributed by atoms with Crippen molar-refractivity contribution in [3.8, 4) is 17.6 Å². The van der Waals surface area contributed by atoms with Crippen LogP contribution in [0.5, 0.6) is 11.5 Å². The molecule has 0 bridgehead atoms. The lowest BCUT2D eigenvalue weighted by Crippen LogP contribution is -2.08. The standard InChI is InChI=1S/C13H17NO3.C4H10.CH5N/c1-10(2)9-17-12-4-3-11(8-14)7-13(12)16-6-5-15;1-3-4-2;1-2/h3-4,7,10,15H,5-6,9H2,1-2H3;3-4H2,1-2H3;2H2,1H3. The lowest BCUT2D eigenvalue weighted by molar-refractivity contribution is 0.190. The first-order valence-corrected chi connectivity index (χ1v) is 8.07. The first-order valence-electron chi connectivity index (χ1n) is 8.07. The lowest BCUT2D eigenvalue weighted by Gasteiger charge is -2.13. The first kappa shape index (κ1) is 23.5. The minimum atomic E-state index is -0.0690. The first-order chi connectivity index (χ1) is 11.1. The number of benzene rings is 1. The van der Waals surface area contributed by atoms with Gasteiger partial charge >= 0.3 is 0 Å². The van der Waals surface area contributed by atoms with Gasteiger partial charge in [0.05, 0.1) is 24.8 Å². The van der Waals surface area contributed by atoms with E-state index in [1.54, 1.807) is 18.2 Å². The van der Waals surface area contributed by atoms with Gasteiger partial charge in [0.2, 0.25) is 0 Å². The van der Waals surface area contributed by atoms with Crippen LogP contribution in [0.4, 0.5) is 0 Å². The molecule has 132 valence electrons. The van der Waals surface area contributed by atoms with Crippen LogP contribution in [0.2, 0.25) is 0 Å². The molecule has 3 N–H and O–H groups in total. The molecule has 0 saturated heterocycles. The zero-order valence-electron chi connectivity index (χ0n) is 15.1. The van der Waals surface area contributed by atoms with Crippen LogP contribution in [0.1, 0.15) is 46.1 Å². The summed E-state index contributed by atoms with van der Waals surface area (Å²) in [5.74, 6) is 1.52. The molecular weight excluding hydrogens is 292 g/mol. The van der Waals surface area contributed by atoms with Gasteiger partial charge in [-0.3, -0.25) is 0 Å². The highest BCUT2D eigenvalue weighted by Gasteiger charge is 2.07. The van der Waals surface area contributed by atoms with E-state index in [0.717, 1.165) is 0 Å². The van der Waals surface area contributed by atoms with Crippen LogP contribution in [0.25, 0.3) is 0 Å². The van der Waals surface area contributed by atoms with Gasteiger partial charge < -0.3 is 20.3 Å². The molecule has 0 amide bonds. The normalized spacial score (nSPS) is 9.00. The molecular formula is C18H32N2O3. The van der Waals surface area contributed by atoms with Crippen LogP contribution < -0.4 is 15.2 Å². The number of aliphatic hydroxyl groups excluding tert-OH is 1. The number of ether oxygens (including phenoxy) is 2. The zero-order chi connectivity index (χ0) is 18.1. The Morgan fingerprint density at radius 3 is 2.17 bits per heavy atom. The molecule has 0 heterocycles. The van der Waals surface area contributed by atoms with Gasteiger partial charge in [-0.05, 0) is 25.1 Å². The molecule has 1 aromatic carbocycles. The largest absolute Gasteiger partial charge is 0.489 e. The number of rotatable bonds is 7. The van der Waals surface area contributed by atoms with Crippen molar-refractivity contribution in [1.82, 2.24) is 0 Å². The Bertz CT molecular complexity index is 427. The topological polar surface area (TPSA) is 88.5 Å². The fraction of sp³-hybridized carbons (Fsp3) is 0.611. The summed E-state index contributed by atoms with van der Waals surface area (Å²) < 4.78 is 10.9. The molecule has 0 unspecified atom stereocenters. The van der Waals surface area contributed by atoms with Crippen molar-refractivity contribution in [3.05, 3.63) is 23.8 Å². The van der Waals surface area contributed by atoms with Gasteiger partial charge in [0.25, 0.3) is 0 Å². The molecule has 0 saturated carbocycles. The second-order valence-corrected chi connectivity index (χ2v) is 5.05. The second-order valence-electron chi connectivity index (χ2n) is 5.05. The minimum Gasteiger partial charge on any atom is -0.489 e. The lowest BCUT2D eigenvalue weighted by atomic mass is 10.2. The Balaban J connectivity index is 0. The van der Waals surface area contributed by atoms with E-state index in [1.165, 1.54) is 19.9 Å². The molecule has 5 nitrogen and oxygen atoms in total. The number of aliphatic hydroxyl groups is 1. The monoisotopic (exact) mass is 324 g/mol. The zero-order valence-corrected chi connectivity index (χ0v) is 15.1. The van der Waals surface area contributed by atoms with Gasteiger partial charge in [-0.15, -0.1) is 0 Å². The van der Waals surface area contributed by atoms with Crippen molar-refractivity contribution in [2.45, 2.75) is 40.5 Å². The van der Waals surface area contributed by atoms with Gasteiger partial charge in [-0.25, -0.2) is 0 Å². The maximum atomic E-state index is 8.80. The summed E-state index contributed by atoms with van der Waals surface area (Å²) in [6, 6.07) is 7.05. The summed E-state index contributed by atoms with van der Waals surface area (Å²) >= 11 is 0. The Labute approximate surface area is 141 Å². The predicted molar refractivity (Wildman–Crippen MR) is 94.8 cm³/mol. The van der Waals surface area contributed by atoms with Gasteiger partial charge in [0.15, 0.2) is 11.5 Å². The van der Waals surface area contributed by atoms with E-state index < -0.39 is 0 Å². The molecule has 1 rings (SSSR count). The summed E-state index contributed by atoms with van der Waals surface area (Å²) in [5, 5.41) is 17.5. The van der Waals surface area contributed by atoms with Crippen molar-refractivity contribution in [3.63, 3.8) is 0 Å². The summed E-state index contributed by atoms with van der Waals surface area (Å²) in [5.41, 5.74) is 5.01. The third kappa shape index (κ3) is 12.5. The van der Waals surface area contributed by atoms with E-state index in [2.05, 4.69) is 33.4 Å². The number of nitrogens with zero attached hydrogens (tertiary/aromatic N) is 1. The van der Waals surface area contributed by atoms with Crippen molar-refractivity contribution in [1.29, 1.82) is 5.26 Å². The molecule has 0 aliphatic rings. The van der Waals surface area contributed by atoms with Crippen LogP contribution in [-0.4, -0.2) is 32.0 Å². The molecule has 23 heavy (non-hydrogen) atoms. The van der Waals surface area contributed by atoms with E-state index >= 15 is 0 Å². The maximum Gasteiger partial charge on any atom is 0.162 e. The highest BCUT2D eigenvalue weighted by Crippen LogP contribution is 2.28. The average Bonchev–Trinajstić information content (AvgIpc) is 2.60. The van der Waals surface area contributed by atoms with Crippen LogP contribution in [-0.2, 0) is 0 Å². The molecule has 1 aromatic rings. The third-order valence-electron chi connectivity index (χ3n) is 2.49. The van der Waals surface area contributed by atoms with Gasteiger partial charge in [-0.2, -0.15) is 5.26 Å². The van der Waals surface area contributed by atoms with Crippen molar-refractivity contribution in [2.24, 2.45) is 11.7 Å². The number of nitrogens with two attached hydrogens (primary N) is 1. The quantitative estimate of drug-likeness (QED) is 0.803. The number of nitriles is 1. The van der Waals surface area contributed by atoms with E-state index in [0.29, 0.717) is 29.6 Å². The Hall–Kier alpha value is -1.77. The van der Waals surface area contributed by atoms with Gasteiger partial charge in [0.1, 0.15) is 6.61 Å². The third-order valence-corrected chi connectivity index (χ3v) is 2.49. The van der Waals surface area contributed by atoms with Crippen molar-refractivity contribution < 1.29 is 14.6 Å². The molecule has 0 fully saturated rings. The molecule has 5 heteroatoms. The number of unbranched alkanes of at least 4 members (excludes halogenated alkanes) is 1. The molecule has 0 atom stereocenters. The number of hydrogen-bond donors (Lipinski definition) is 2. The fourth-order valence-electron chi connectivity index (χ4n) is 1.22. The van der Waals surface area contributed by atoms with Crippen molar-refractivity contribution in [2.75, 3.05) is 26.9 Å². The average molecular weight is 324 g/mol. The second kappa shape index (κ2) is 16.6. The van der Waals surface area contributed by atoms with Crippen LogP contribution in [0.3, 0.4) is 0 Å². The Kier molecular flexibility index (Phi) is 17.0. The van der Waals surface area contributed by atoms with E-state index in [1.807, 2.05) is 6.07 Å².